The second kappa shape index (κ2) is 7.77. The van der Waals surface area contributed by atoms with Crippen LogP contribution in [0.2, 0.25) is 0 Å². The lowest BCUT2D eigenvalue weighted by molar-refractivity contribution is -0.140. The summed E-state index contributed by atoms with van der Waals surface area (Å²) in [5.74, 6) is -1.63. The molecule has 0 radical (unpaired) electrons. The number of rotatable bonds is 4. The molecule has 1 aromatic rings. The van der Waals surface area contributed by atoms with Crippen LogP contribution in [0.5, 0.6) is 0 Å². The number of halogens is 4. The number of hydrogen-bond acceptors (Lipinski definition) is 2. The molecule has 0 spiro atoms. The van der Waals surface area contributed by atoms with Gasteiger partial charge in [-0.05, 0) is 32.0 Å². The highest BCUT2D eigenvalue weighted by Crippen LogP contribution is 2.32. The first-order chi connectivity index (χ1) is 10.9. The third-order valence-electron chi connectivity index (χ3n) is 3.93. The quantitative estimate of drug-likeness (QED) is 0.858. The van der Waals surface area contributed by atoms with Gasteiger partial charge in [-0.3, -0.25) is 9.69 Å². The summed E-state index contributed by atoms with van der Waals surface area (Å²) in [4.78, 5) is 13.9. The van der Waals surface area contributed by atoms with Gasteiger partial charge in [0.25, 0.3) is 0 Å². The van der Waals surface area contributed by atoms with Crippen molar-refractivity contribution in [2.24, 2.45) is 0 Å². The van der Waals surface area contributed by atoms with E-state index in [0.29, 0.717) is 6.07 Å². The Kier molecular flexibility index (Phi) is 5.98. The zero-order valence-corrected chi connectivity index (χ0v) is 12.8. The Morgan fingerprint density at radius 1 is 1.13 bits per heavy atom. The number of hydrogen-bond donors (Lipinski definition) is 1. The van der Waals surface area contributed by atoms with Gasteiger partial charge < -0.3 is 5.32 Å². The molecule has 23 heavy (non-hydrogen) atoms. The molecule has 1 N–H and O–H groups in total. The van der Waals surface area contributed by atoms with Crippen LogP contribution < -0.4 is 5.32 Å². The molecule has 1 aliphatic heterocycles. The molecular weight excluding hydrogens is 312 g/mol. The van der Waals surface area contributed by atoms with Gasteiger partial charge in [0.15, 0.2) is 0 Å². The molecule has 1 amide bonds. The second-order valence-corrected chi connectivity index (χ2v) is 5.74. The normalized spacial score (nSPS) is 16.9. The van der Waals surface area contributed by atoms with Crippen molar-refractivity contribution in [3.8, 4) is 0 Å². The predicted molar refractivity (Wildman–Crippen MR) is 78.2 cm³/mol. The summed E-state index contributed by atoms with van der Waals surface area (Å²) >= 11 is 0. The largest absolute Gasteiger partial charge is 0.419 e. The van der Waals surface area contributed by atoms with E-state index in [9.17, 15) is 22.4 Å². The van der Waals surface area contributed by atoms with Crippen molar-refractivity contribution in [1.29, 1.82) is 0 Å². The molecule has 7 heteroatoms. The third-order valence-corrected chi connectivity index (χ3v) is 3.93. The number of benzene rings is 1. The van der Waals surface area contributed by atoms with Crippen LogP contribution in [-0.4, -0.2) is 30.4 Å². The molecule has 0 bridgehead atoms. The summed E-state index contributed by atoms with van der Waals surface area (Å²) < 4.78 is 51.8. The van der Waals surface area contributed by atoms with Gasteiger partial charge >= 0.3 is 6.18 Å². The fourth-order valence-electron chi connectivity index (χ4n) is 2.68. The van der Waals surface area contributed by atoms with Crippen LogP contribution in [0.3, 0.4) is 0 Å². The average Bonchev–Trinajstić information content (AvgIpc) is 2.73. The molecule has 0 aliphatic carbocycles. The van der Waals surface area contributed by atoms with Gasteiger partial charge in [-0.2, -0.15) is 13.2 Å². The first-order valence-electron chi connectivity index (χ1n) is 7.71. The van der Waals surface area contributed by atoms with E-state index < -0.39 is 17.6 Å². The molecule has 1 heterocycles. The van der Waals surface area contributed by atoms with Gasteiger partial charge in [0.05, 0.1) is 12.1 Å². The Morgan fingerprint density at radius 3 is 2.39 bits per heavy atom. The maximum atomic E-state index is 13.8. The van der Waals surface area contributed by atoms with Crippen molar-refractivity contribution in [3.63, 3.8) is 0 Å². The highest BCUT2D eigenvalue weighted by atomic mass is 19.4. The maximum Gasteiger partial charge on any atom is 0.419 e. The molecule has 0 aromatic heterocycles. The summed E-state index contributed by atoms with van der Waals surface area (Å²) in [6, 6.07) is 3.08. The highest BCUT2D eigenvalue weighted by molar-refractivity contribution is 5.78. The van der Waals surface area contributed by atoms with Gasteiger partial charge in [0.2, 0.25) is 5.91 Å². The lowest BCUT2D eigenvalue weighted by atomic mass is 10.1. The fraction of sp³-hybridized carbons (Fsp3) is 0.562. The maximum absolute atomic E-state index is 13.8. The minimum absolute atomic E-state index is 0.163. The van der Waals surface area contributed by atoms with E-state index >= 15 is 0 Å². The molecule has 1 saturated heterocycles. The SMILES string of the molecule is O=C(CN1CCCCCC1)NCc1cccc(C(F)(F)F)c1F. The van der Waals surface area contributed by atoms with E-state index in [1.165, 1.54) is 6.07 Å². The Labute approximate surface area is 132 Å². The molecular formula is C16H20F4N2O. The van der Waals surface area contributed by atoms with Gasteiger partial charge in [0, 0.05) is 12.1 Å². The molecule has 0 atom stereocenters. The standard InChI is InChI=1S/C16H20F4N2O/c17-15-12(6-5-7-13(15)16(18,19)20)10-21-14(23)11-22-8-3-1-2-4-9-22/h5-7H,1-4,8-11H2,(H,21,23). The summed E-state index contributed by atoms with van der Waals surface area (Å²) in [6.45, 7) is 1.62. The Bertz CT molecular complexity index is 537. The molecule has 2 rings (SSSR count). The van der Waals surface area contributed by atoms with Crippen LogP contribution in [0.4, 0.5) is 17.6 Å². The monoisotopic (exact) mass is 332 g/mol. The van der Waals surface area contributed by atoms with Gasteiger partial charge in [-0.25, -0.2) is 4.39 Å². The van der Waals surface area contributed by atoms with Crippen LogP contribution >= 0.6 is 0 Å². The first-order valence-corrected chi connectivity index (χ1v) is 7.71. The zero-order valence-electron chi connectivity index (χ0n) is 12.8. The van der Waals surface area contributed by atoms with Crippen molar-refractivity contribution < 1.29 is 22.4 Å². The average molecular weight is 332 g/mol. The minimum atomic E-state index is -4.74. The predicted octanol–water partition coefficient (Wildman–Crippen LogP) is 3.34. The van der Waals surface area contributed by atoms with Crippen molar-refractivity contribution in [3.05, 3.63) is 35.1 Å². The van der Waals surface area contributed by atoms with Crippen molar-refractivity contribution in [2.75, 3.05) is 19.6 Å². The molecule has 0 unspecified atom stereocenters. The van der Waals surface area contributed by atoms with E-state index in [1.807, 2.05) is 4.90 Å². The Morgan fingerprint density at radius 2 is 1.78 bits per heavy atom. The highest BCUT2D eigenvalue weighted by Gasteiger charge is 2.34. The van der Waals surface area contributed by atoms with E-state index in [-0.39, 0.29) is 24.6 Å². The lowest BCUT2D eigenvalue weighted by Crippen LogP contribution is -2.37. The van der Waals surface area contributed by atoms with Crippen molar-refractivity contribution in [2.45, 2.75) is 38.4 Å². The second-order valence-electron chi connectivity index (χ2n) is 5.74. The fourth-order valence-corrected chi connectivity index (χ4v) is 2.68. The smallest absolute Gasteiger partial charge is 0.351 e. The van der Waals surface area contributed by atoms with Gasteiger partial charge in [-0.1, -0.05) is 25.0 Å². The molecule has 0 saturated carbocycles. The molecule has 1 aromatic carbocycles. The molecule has 1 aliphatic rings. The minimum Gasteiger partial charge on any atom is -0.351 e. The number of alkyl halides is 3. The van der Waals surface area contributed by atoms with Crippen LogP contribution in [0.15, 0.2) is 18.2 Å². The molecule has 3 nitrogen and oxygen atoms in total. The number of carbonyl (C=O) groups is 1. The van der Waals surface area contributed by atoms with Crippen molar-refractivity contribution in [1.82, 2.24) is 10.2 Å². The summed E-state index contributed by atoms with van der Waals surface area (Å²) in [7, 11) is 0. The van der Waals surface area contributed by atoms with Gasteiger partial charge in [0.1, 0.15) is 5.82 Å². The Balaban J connectivity index is 1.91. The molecule has 1 fully saturated rings. The molecule has 128 valence electrons. The van der Waals surface area contributed by atoms with Crippen LogP contribution in [-0.2, 0) is 17.5 Å². The van der Waals surface area contributed by atoms with E-state index in [1.54, 1.807) is 0 Å². The first kappa shape index (κ1) is 17.7. The zero-order chi connectivity index (χ0) is 16.9. The number of nitrogens with zero attached hydrogens (tertiary/aromatic N) is 1. The van der Waals surface area contributed by atoms with E-state index in [2.05, 4.69) is 5.32 Å². The number of likely N-dealkylation sites (tertiary alicyclic amines) is 1. The van der Waals surface area contributed by atoms with Gasteiger partial charge in [-0.15, -0.1) is 0 Å². The Hall–Kier alpha value is -1.63. The van der Waals surface area contributed by atoms with E-state index in [0.717, 1.165) is 44.8 Å². The lowest BCUT2D eigenvalue weighted by Gasteiger charge is -2.19. The number of nitrogens with one attached hydrogen (secondary N) is 1. The third kappa shape index (κ3) is 5.20. The summed E-state index contributed by atoms with van der Waals surface area (Å²) in [5, 5.41) is 2.50. The van der Waals surface area contributed by atoms with Crippen molar-refractivity contribution >= 4 is 5.91 Å². The van der Waals surface area contributed by atoms with Crippen LogP contribution in [0.25, 0.3) is 0 Å². The van der Waals surface area contributed by atoms with E-state index in [4.69, 9.17) is 0 Å². The summed E-state index contributed by atoms with van der Waals surface area (Å²) in [6.07, 6.45) is -0.373. The van der Waals surface area contributed by atoms with Crippen LogP contribution in [0, 0.1) is 5.82 Å². The topological polar surface area (TPSA) is 32.3 Å². The van der Waals surface area contributed by atoms with Crippen LogP contribution in [0.1, 0.15) is 36.8 Å². The number of amides is 1. The summed E-state index contributed by atoms with van der Waals surface area (Å²) in [5.41, 5.74) is -1.47. The number of carbonyl (C=O) groups excluding carboxylic acids is 1.